The predicted molar refractivity (Wildman–Crippen MR) is 72.5 cm³/mol. The van der Waals surface area contributed by atoms with Gasteiger partial charge in [-0.25, -0.2) is 15.0 Å². The lowest BCUT2D eigenvalue weighted by atomic mass is 10.3. The largest absolute Gasteiger partial charge is 0.383 e. The van der Waals surface area contributed by atoms with E-state index in [1.165, 1.54) is 11.8 Å². The van der Waals surface area contributed by atoms with Gasteiger partial charge in [-0.05, 0) is 6.26 Å². The summed E-state index contributed by atoms with van der Waals surface area (Å²) in [5, 5.41) is 5.95. The van der Waals surface area contributed by atoms with Crippen molar-refractivity contribution >= 4 is 34.7 Å². The molecule has 0 radical (unpaired) electrons. The molecule has 2 aromatic heterocycles. The van der Waals surface area contributed by atoms with Gasteiger partial charge in [0.15, 0.2) is 5.16 Å². The normalized spacial score (nSPS) is 10.4. The number of thioether (sulfide) groups is 1. The molecule has 0 aliphatic heterocycles. The van der Waals surface area contributed by atoms with Gasteiger partial charge in [0.25, 0.3) is 0 Å². The second-order valence-electron chi connectivity index (χ2n) is 3.32. The summed E-state index contributed by atoms with van der Waals surface area (Å²) in [6, 6.07) is 1.74. The number of hydrogen-bond donors (Lipinski definition) is 2. The van der Waals surface area contributed by atoms with Gasteiger partial charge >= 0.3 is 0 Å². The fraction of sp³-hybridized carbons (Fsp3) is 0.300. The Bertz CT molecular complexity index is 472. The third kappa shape index (κ3) is 3.57. The molecule has 90 valence electrons. The minimum atomic E-state index is 0.487. The number of nitrogens with zero attached hydrogens (tertiary/aromatic N) is 3. The molecular formula is C10H13N5S2. The maximum atomic E-state index is 5.69. The summed E-state index contributed by atoms with van der Waals surface area (Å²) < 4.78 is 0. The second kappa shape index (κ2) is 5.83. The van der Waals surface area contributed by atoms with Crippen LogP contribution in [-0.4, -0.2) is 27.8 Å². The lowest BCUT2D eigenvalue weighted by Crippen LogP contribution is -2.08. The molecule has 7 heteroatoms. The van der Waals surface area contributed by atoms with Crippen molar-refractivity contribution in [1.82, 2.24) is 15.0 Å². The zero-order valence-electron chi connectivity index (χ0n) is 9.38. The number of nitrogens with two attached hydrogens (primary N) is 1. The molecule has 0 aliphatic rings. The highest BCUT2D eigenvalue weighted by Crippen LogP contribution is 2.15. The van der Waals surface area contributed by atoms with Gasteiger partial charge in [0, 0.05) is 24.4 Å². The van der Waals surface area contributed by atoms with Crippen molar-refractivity contribution in [2.75, 3.05) is 23.9 Å². The van der Waals surface area contributed by atoms with Gasteiger partial charge in [-0.1, -0.05) is 11.8 Å². The lowest BCUT2D eigenvalue weighted by Gasteiger charge is -2.06. The van der Waals surface area contributed by atoms with E-state index in [2.05, 4.69) is 20.3 Å². The SMILES string of the molecule is CSc1nc(N)cc(NCCc2cscn2)n1. The van der Waals surface area contributed by atoms with Gasteiger partial charge in [0.05, 0.1) is 11.2 Å². The van der Waals surface area contributed by atoms with Crippen LogP contribution in [0.4, 0.5) is 11.6 Å². The summed E-state index contributed by atoms with van der Waals surface area (Å²) in [4.78, 5) is 12.6. The molecular weight excluding hydrogens is 254 g/mol. The maximum Gasteiger partial charge on any atom is 0.191 e. The minimum Gasteiger partial charge on any atom is -0.383 e. The van der Waals surface area contributed by atoms with Gasteiger partial charge < -0.3 is 11.1 Å². The molecule has 0 atom stereocenters. The molecule has 2 rings (SSSR count). The first-order valence-electron chi connectivity index (χ1n) is 5.07. The number of thiazole rings is 1. The Hall–Kier alpha value is -1.34. The van der Waals surface area contributed by atoms with Crippen LogP contribution in [0.1, 0.15) is 5.69 Å². The van der Waals surface area contributed by atoms with Gasteiger partial charge in [0.1, 0.15) is 11.6 Å². The second-order valence-corrected chi connectivity index (χ2v) is 4.81. The van der Waals surface area contributed by atoms with Crippen molar-refractivity contribution in [2.45, 2.75) is 11.6 Å². The van der Waals surface area contributed by atoms with E-state index in [1.54, 1.807) is 17.4 Å². The topological polar surface area (TPSA) is 76.7 Å². The van der Waals surface area contributed by atoms with E-state index in [-0.39, 0.29) is 0 Å². The first-order chi connectivity index (χ1) is 8.28. The van der Waals surface area contributed by atoms with E-state index >= 15 is 0 Å². The molecule has 0 saturated carbocycles. The quantitative estimate of drug-likeness (QED) is 0.636. The first kappa shape index (κ1) is 12.1. The summed E-state index contributed by atoms with van der Waals surface area (Å²) >= 11 is 3.08. The van der Waals surface area contributed by atoms with Gasteiger partial charge in [-0.3, -0.25) is 0 Å². The van der Waals surface area contributed by atoms with Crippen molar-refractivity contribution < 1.29 is 0 Å². The summed E-state index contributed by atoms with van der Waals surface area (Å²) in [6.45, 7) is 0.786. The van der Waals surface area contributed by atoms with Crippen LogP contribution in [0.5, 0.6) is 0 Å². The van der Waals surface area contributed by atoms with Crippen LogP contribution in [0.25, 0.3) is 0 Å². The average molecular weight is 267 g/mol. The van der Waals surface area contributed by atoms with E-state index < -0.39 is 0 Å². The molecule has 0 amide bonds. The Labute approximate surface area is 108 Å². The van der Waals surface area contributed by atoms with E-state index in [0.29, 0.717) is 11.0 Å². The van der Waals surface area contributed by atoms with Crippen molar-refractivity contribution in [1.29, 1.82) is 0 Å². The van der Waals surface area contributed by atoms with Gasteiger partial charge in [-0.15, -0.1) is 11.3 Å². The molecule has 17 heavy (non-hydrogen) atoms. The number of hydrogen-bond acceptors (Lipinski definition) is 7. The Morgan fingerprint density at radius 1 is 1.47 bits per heavy atom. The predicted octanol–water partition coefficient (Wildman–Crippen LogP) is 1.89. The molecule has 0 fully saturated rings. The van der Waals surface area contributed by atoms with E-state index in [1.807, 2.05) is 17.1 Å². The highest BCUT2D eigenvalue weighted by Gasteiger charge is 2.01. The summed E-state index contributed by atoms with van der Waals surface area (Å²) in [6.07, 6.45) is 2.80. The Kier molecular flexibility index (Phi) is 4.16. The molecule has 3 N–H and O–H groups in total. The zero-order chi connectivity index (χ0) is 12.1. The van der Waals surface area contributed by atoms with Crippen LogP contribution in [0, 0.1) is 0 Å². The number of rotatable bonds is 5. The van der Waals surface area contributed by atoms with Crippen molar-refractivity contribution in [3.8, 4) is 0 Å². The highest BCUT2D eigenvalue weighted by molar-refractivity contribution is 7.98. The van der Waals surface area contributed by atoms with Crippen LogP contribution >= 0.6 is 23.1 Å². The van der Waals surface area contributed by atoms with Crippen LogP contribution in [-0.2, 0) is 6.42 Å². The van der Waals surface area contributed by atoms with E-state index in [4.69, 9.17) is 5.73 Å². The van der Waals surface area contributed by atoms with E-state index in [0.717, 1.165) is 24.5 Å². The maximum absolute atomic E-state index is 5.69. The molecule has 2 heterocycles. The number of anilines is 2. The number of aromatic nitrogens is 3. The molecule has 0 saturated heterocycles. The minimum absolute atomic E-state index is 0.487. The molecule has 0 spiro atoms. The van der Waals surface area contributed by atoms with Crippen LogP contribution in [0.3, 0.4) is 0 Å². The molecule has 0 aromatic carbocycles. The van der Waals surface area contributed by atoms with Gasteiger partial charge in [0.2, 0.25) is 0 Å². The Morgan fingerprint density at radius 3 is 3.06 bits per heavy atom. The Balaban J connectivity index is 1.92. The molecule has 2 aromatic rings. The zero-order valence-corrected chi connectivity index (χ0v) is 11.0. The first-order valence-corrected chi connectivity index (χ1v) is 7.24. The standard InChI is InChI=1S/C10H13N5S2/c1-16-10-14-8(11)4-9(15-10)12-3-2-7-5-17-6-13-7/h4-6H,2-3H2,1H3,(H3,11,12,14,15). The lowest BCUT2D eigenvalue weighted by molar-refractivity contribution is 0.933. The molecule has 0 unspecified atom stereocenters. The number of nitrogen functional groups attached to an aromatic ring is 1. The smallest absolute Gasteiger partial charge is 0.191 e. The average Bonchev–Trinajstić information content (AvgIpc) is 2.81. The van der Waals surface area contributed by atoms with Crippen molar-refractivity contribution in [2.24, 2.45) is 0 Å². The van der Waals surface area contributed by atoms with Crippen LogP contribution in [0.2, 0.25) is 0 Å². The number of nitrogens with one attached hydrogen (secondary N) is 1. The van der Waals surface area contributed by atoms with Crippen LogP contribution in [0.15, 0.2) is 22.1 Å². The third-order valence-electron chi connectivity index (χ3n) is 2.08. The molecule has 0 aliphatic carbocycles. The fourth-order valence-electron chi connectivity index (χ4n) is 1.30. The fourth-order valence-corrected chi connectivity index (χ4v) is 2.28. The van der Waals surface area contributed by atoms with Crippen molar-refractivity contribution in [3.63, 3.8) is 0 Å². The van der Waals surface area contributed by atoms with Gasteiger partial charge in [-0.2, -0.15) is 0 Å². The van der Waals surface area contributed by atoms with E-state index in [9.17, 15) is 0 Å². The molecule has 0 bridgehead atoms. The Morgan fingerprint density at radius 2 is 2.35 bits per heavy atom. The highest BCUT2D eigenvalue weighted by atomic mass is 32.2. The summed E-state index contributed by atoms with van der Waals surface area (Å²) in [7, 11) is 0. The third-order valence-corrected chi connectivity index (χ3v) is 3.26. The van der Waals surface area contributed by atoms with Crippen molar-refractivity contribution in [3.05, 3.63) is 22.7 Å². The molecule has 5 nitrogen and oxygen atoms in total. The monoisotopic (exact) mass is 267 g/mol. The summed E-state index contributed by atoms with van der Waals surface area (Å²) in [5.74, 6) is 1.25. The summed E-state index contributed by atoms with van der Waals surface area (Å²) in [5.41, 5.74) is 8.62. The van der Waals surface area contributed by atoms with Crippen LogP contribution < -0.4 is 11.1 Å².